The fourth-order valence-electron chi connectivity index (χ4n) is 3.81. The van der Waals surface area contributed by atoms with Gasteiger partial charge in [-0.2, -0.15) is 5.11 Å². The zero-order valence-electron chi connectivity index (χ0n) is 17.4. The Morgan fingerprint density at radius 2 is 1.81 bits per heavy atom. The van der Waals surface area contributed by atoms with E-state index < -0.39 is 24.0 Å². The maximum Gasteiger partial charge on any atom is 0.337 e. The lowest BCUT2D eigenvalue weighted by atomic mass is 10.1. The van der Waals surface area contributed by atoms with Gasteiger partial charge in [0.2, 0.25) is 0 Å². The van der Waals surface area contributed by atoms with Crippen LogP contribution >= 0.6 is 0 Å². The Morgan fingerprint density at radius 1 is 1.06 bits per heavy atom. The normalized spacial score (nSPS) is 19.7. The molecule has 0 aliphatic carbocycles. The molecule has 2 aliphatic heterocycles. The average molecular weight is 422 g/mol. The Labute approximate surface area is 179 Å². The first-order valence-electron chi connectivity index (χ1n) is 9.87. The molecule has 0 spiro atoms. The molecule has 1 saturated heterocycles. The molecule has 0 radical (unpaired) electrons. The van der Waals surface area contributed by atoms with Crippen LogP contribution in [0.2, 0.25) is 0 Å². The highest BCUT2D eigenvalue weighted by molar-refractivity contribution is 6.25. The Morgan fingerprint density at radius 3 is 2.45 bits per heavy atom. The van der Waals surface area contributed by atoms with E-state index in [2.05, 4.69) is 10.3 Å². The van der Waals surface area contributed by atoms with Crippen molar-refractivity contribution in [2.24, 2.45) is 10.3 Å². The summed E-state index contributed by atoms with van der Waals surface area (Å²) in [5.41, 5.74) is 2.59. The first-order valence-corrected chi connectivity index (χ1v) is 9.87. The number of hydrogen-bond donors (Lipinski definition) is 0. The summed E-state index contributed by atoms with van der Waals surface area (Å²) in [6.07, 6.45) is 0.863. The first kappa shape index (κ1) is 20.5. The lowest BCUT2D eigenvalue weighted by molar-refractivity contribution is -0.123. The summed E-state index contributed by atoms with van der Waals surface area (Å²) in [6.45, 7) is 2.17. The summed E-state index contributed by atoms with van der Waals surface area (Å²) in [7, 11) is 2.81. The number of imide groups is 1. The van der Waals surface area contributed by atoms with Gasteiger partial charge in [0.25, 0.3) is 11.8 Å². The van der Waals surface area contributed by atoms with Crippen molar-refractivity contribution < 1.29 is 23.9 Å². The average Bonchev–Trinajstić information content (AvgIpc) is 3.32. The summed E-state index contributed by atoms with van der Waals surface area (Å²) in [4.78, 5) is 39.1. The predicted octanol–water partition coefficient (Wildman–Crippen LogP) is 2.54. The number of rotatable bonds is 6. The van der Waals surface area contributed by atoms with Gasteiger partial charge >= 0.3 is 5.97 Å². The van der Waals surface area contributed by atoms with Crippen molar-refractivity contribution >= 4 is 23.5 Å². The molecule has 2 aromatic rings. The smallest absolute Gasteiger partial charge is 0.337 e. The summed E-state index contributed by atoms with van der Waals surface area (Å²) < 4.78 is 10.2. The molecule has 4 rings (SSSR count). The van der Waals surface area contributed by atoms with Crippen LogP contribution in [0.1, 0.15) is 28.4 Å². The monoisotopic (exact) mass is 422 g/mol. The molecular formula is C22H22N4O5. The maximum absolute atomic E-state index is 13.2. The van der Waals surface area contributed by atoms with E-state index in [9.17, 15) is 14.4 Å². The second-order valence-corrected chi connectivity index (χ2v) is 7.24. The summed E-state index contributed by atoms with van der Waals surface area (Å²) >= 11 is 0. The second-order valence-electron chi connectivity index (χ2n) is 7.24. The standard InChI is InChI=1S/C22H22N4O5/c1-4-13-5-8-16(9-6-13)26-20(27)18-19(21(26)28)25(24-23-18)12-15-11-14(22(29)31-3)7-10-17(15)30-2/h5-11,18-19H,4,12H2,1-3H3/t18-,19+/m0/s1. The van der Waals surface area contributed by atoms with Gasteiger partial charge in [-0.1, -0.05) is 24.3 Å². The van der Waals surface area contributed by atoms with E-state index >= 15 is 0 Å². The van der Waals surface area contributed by atoms with Crippen LogP contribution in [0.25, 0.3) is 0 Å². The number of carbonyl (C=O) groups is 3. The number of ether oxygens (including phenoxy) is 2. The lowest BCUT2D eigenvalue weighted by Gasteiger charge is -2.22. The fourth-order valence-corrected chi connectivity index (χ4v) is 3.81. The quantitative estimate of drug-likeness (QED) is 0.524. The van der Waals surface area contributed by atoms with Gasteiger partial charge in [0, 0.05) is 5.56 Å². The number of methoxy groups -OCH3 is 2. The minimum absolute atomic E-state index is 0.139. The van der Waals surface area contributed by atoms with Gasteiger partial charge in [0.05, 0.1) is 32.0 Å². The largest absolute Gasteiger partial charge is 0.496 e. The fraction of sp³-hybridized carbons (Fsp3) is 0.318. The van der Waals surface area contributed by atoms with Gasteiger partial charge in [-0.3, -0.25) is 14.6 Å². The highest BCUT2D eigenvalue weighted by Gasteiger charge is 2.54. The van der Waals surface area contributed by atoms with Crippen LogP contribution in [0.15, 0.2) is 52.8 Å². The van der Waals surface area contributed by atoms with Gasteiger partial charge < -0.3 is 9.47 Å². The molecule has 0 N–H and O–H groups in total. The molecule has 2 aliphatic rings. The van der Waals surface area contributed by atoms with Crippen LogP contribution in [0.3, 0.4) is 0 Å². The van der Waals surface area contributed by atoms with Gasteiger partial charge in [0.1, 0.15) is 5.75 Å². The summed E-state index contributed by atoms with van der Waals surface area (Å²) in [5, 5.41) is 9.57. The van der Waals surface area contributed by atoms with Crippen molar-refractivity contribution in [2.45, 2.75) is 32.0 Å². The molecule has 0 bridgehead atoms. The molecule has 2 aromatic carbocycles. The molecular weight excluding hydrogens is 400 g/mol. The van der Waals surface area contributed by atoms with Crippen molar-refractivity contribution in [3.8, 4) is 5.75 Å². The van der Waals surface area contributed by atoms with Gasteiger partial charge in [-0.25, -0.2) is 9.69 Å². The summed E-state index contributed by atoms with van der Waals surface area (Å²) in [6, 6.07) is 10.4. The van der Waals surface area contributed by atoms with Gasteiger partial charge in [0.15, 0.2) is 12.1 Å². The third kappa shape index (κ3) is 3.52. The van der Waals surface area contributed by atoms with Gasteiger partial charge in [-0.05, 0) is 42.3 Å². The molecule has 9 nitrogen and oxygen atoms in total. The maximum atomic E-state index is 13.2. The number of anilines is 1. The van der Waals surface area contributed by atoms with E-state index in [4.69, 9.17) is 9.47 Å². The number of hydrogen-bond acceptors (Lipinski definition) is 8. The first-order chi connectivity index (χ1) is 15.0. The number of carbonyl (C=O) groups excluding carboxylic acids is 3. The third-order valence-electron chi connectivity index (χ3n) is 5.49. The van der Waals surface area contributed by atoms with Gasteiger partial charge in [-0.15, -0.1) is 0 Å². The third-order valence-corrected chi connectivity index (χ3v) is 5.49. The Kier molecular flexibility index (Phi) is 5.41. The molecule has 160 valence electrons. The highest BCUT2D eigenvalue weighted by Crippen LogP contribution is 2.34. The van der Waals surface area contributed by atoms with Crippen molar-refractivity contribution in [1.82, 2.24) is 5.01 Å². The van der Waals surface area contributed by atoms with Crippen LogP contribution in [-0.4, -0.2) is 49.1 Å². The molecule has 1 fully saturated rings. The van der Waals surface area contributed by atoms with Crippen LogP contribution in [0.4, 0.5) is 5.69 Å². The minimum Gasteiger partial charge on any atom is -0.496 e. The topological polar surface area (TPSA) is 101 Å². The molecule has 0 aromatic heterocycles. The molecule has 31 heavy (non-hydrogen) atoms. The number of fused-ring (bicyclic) bond motifs is 1. The van der Waals surface area contributed by atoms with Crippen LogP contribution in [0.5, 0.6) is 5.75 Å². The Hall–Kier alpha value is -3.75. The van der Waals surface area contributed by atoms with E-state index in [0.717, 1.165) is 12.0 Å². The Balaban J connectivity index is 1.60. The van der Waals surface area contributed by atoms with Crippen LogP contribution < -0.4 is 9.64 Å². The molecule has 9 heteroatoms. The predicted molar refractivity (Wildman–Crippen MR) is 111 cm³/mol. The number of amides is 2. The van der Waals surface area contributed by atoms with E-state index in [1.807, 2.05) is 19.1 Å². The van der Waals surface area contributed by atoms with E-state index in [1.54, 1.807) is 30.3 Å². The zero-order valence-corrected chi connectivity index (χ0v) is 17.4. The minimum atomic E-state index is -0.895. The van der Waals surface area contributed by atoms with Crippen molar-refractivity contribution in [3.05, 3.63) is 59.2 Å². The lowest BCUT2D eigenvalue weighted by Crippen LogP contribution is -2.39. The van der Waals surface area contributed by atoms with E-state index in [1.165, 1.54) is 24.1 Å². The van der Waals surface area contributed by atoms with E-state index in [-0.39, 0.29) is 12.5 Å². The zero-order chi connectivity index (χ0) is 22.1. The van der Waals surface area contributed by atoms with Crippen LogP contribution in [-0.2, 0) is 27.3 Å². The number of aryl methyl sites for hydroxylation is 1. The Bertz CT molecular complexity index is 1070. The second kappa shape index (κ2) is 8.17. The van der Waals surface area contributed by atoms with Crippen molar-refractivity contribution in [3.63, 3.8) is 0 Å². The van der Waals surface area contributed by atoms with Crippen molar-refractivity contribution in [2.75, 3.05) is 19.1 Å². The number of benzene rings is 2. The number of nitrogens with zero attached hydrogens (tertiary/aromatic N) is 4. The van der Waals surface area contributed by atoms with E-state index in [0.29, 0.717) is 22.6 Å². The molecule has 2 heterocycles. The molecule has 0 saturated carbocycles. The number of esters is 1. The summed E-state index contributed by atoms with van der Waals surface area (Å²) in [5.74, 6) is -0.748. The molecule has 0 unspecified atom stereocenters. The molecule has 2 amide bonds. The van der Waals surface area contributed by atoms with Crippen LogP contribution in [0, 0.1) is 0 Å². The van der Waals surface area contributed by atoms with Crippen molar-refractivity contribution in [1.29, 1.82) is 0 Å². The molecule has 2 atom stereocenters. The highest BCUT2D eigenvalue weighted by atomic mass is 16.5. The SMILES string of the molecule is CCc1ccc(N2C(=O)[C@H]3N=NN(Cc4cc(C(=O)OC)ccc4OC)[C@H]3C2=O)cc1.